The first kappa shape index (κ1) is 17.5. The van der Waals surface area contributed by atoms with Gasteiger partial charge in [-0.25, -0.2) is 13.1 Å². The molecule has 1 atom stereocenters. The molecule has 0 saturated heterocycles. The van der Waals surface area contributed by atoms with Crippen LogP contribution in [-0.2, 0) is 16.4 Å². The van der Waals surface area contributed by atoms with Crippen molar-refractivity contribution in [1.29, 1.82) is 0 Å². The number of rotatable bonds is 9. The van der Waals surface area contributed by atoms with E-state index in [-0.39, 0.29) is 6.04 Å². The van der Waals surface area contributed by atoms with Gasteiger partial charge in [-0.3, -0.25) is 0 Å². The molecule has 1 aromatic rings. The summed E-state index contributed by atoms with van der Waals surface area (Å²) >= 11 is 1.82. The zero-order valence-corrected chi connectivity index (χ0v) is 13.8. The molecule has 0 saturated carbocycles. The van der Waals surface area contributed by atoms with Gasteiger partial charge in [-0.2, -0.15) is 11.8 Å². The summed E-state index contributed by atoms with van der Waals surface area (Å²) in [6, 6.07) is 6.86. The van der Waals surface area contributed by atoms with Gasteiger partial charge in [-0.15, -0.1) is 0 Å². The Morgan fingerprint density at radius 2 is 1.95 bits per heavy atom. The Morgan fingerprint density at radius 3 is 2.50 bits per heavy atom. The molecule has 0 fully saturated rings. The van der Waals surface area contributed by atoms with Crippen molar-refractivity contribution in [3.8, 4) is 0 Å². The van der Waals surface area contributed by atoms with E-state index in [2.05, 4.69) is 11.6 Å². The Morgan fingerprint density at radius 1 is 1.30 bits per heavy atom. The van der Waals surface area contributed by atoms with Crippen LogP contribution >= 0.6 is 11.8 Å². The third-order valence-corrected chi connectivity index (χ3v) is 5.46. The predicted octanol–water partition coefficient (Wildman–Crippen LogP) is 2.00. The van der Waals surface area contributed by atoms with E-state index >= 15 is 0 Å². The maximum Gasteiger partial charge on any atom is 0.240 e. The number of hydrogen-bond acceptors (Lipinski definition) is 4. The van der Waals surface area contributed by atoms with E-state index in [0.717, 1.165) is 29.9 Å². The van der Waals surface area contributed by atoms with E-state index in [0.29, 0.717) is 11.4 Å². The molecule has 1 aromatic carbocycles. The fourth-order valence-electron chi connectivity index (χ4n) is 1.80. The lowest BCUT2D eigenvalue weighted by Gasteiger charge is -2.14. The minimum Gasteiger partial charge on any atom is -0.330 e. The van der Waals surface area contributed by atoms with Gasteiger partial charge in [0.2, 0.25) is 10.0 Å². The molecule has 114 valence electrons. The van der Waals surface area contributed by atoms with Crippen molar-refractivity contribution < 1.29 is 8.42 Å². The van der Waals surface area contributed by atoms with Gasteiger partial charge in [-0.1, -0.05) is 19.1 Å². The maximum absolute atomic E-state index is 12.2. The summed E-state index contributed by atoms with van der Waals surface area (Å²) in [7, 11) is -3.42. The van der Waals surface area contributed by atoms with Crippen molar-refractivity contribution in [3.63, 3.8) is 0 Å². The van der Waals surface area contributed by atoms with Crippen LogP contribution in [0.5, 0.6) is 0 Å². The van der Waals surface area contributed by atoms with Gasteiger partial charge in [0.05, 0.1) is 4.90 Å². The van der Waals surface area contributed by atoms with E-state index in [1.807, 2.05) is 30.8 Å². The largest absolute Gasteiger partial charge is 0.330 e. The molecule has 0 aromatic heterocycles. The van der Waals surface area contributed by atoms with Crippen molar-refractivity contribution >= 4 is 21.8 Å². The topological polar surface area (TPSA) is 72.2 Å². The number of nitrogens with one attached hydrogen (secondary N) is 1. The summed E-state index contributed by atoms with van der Waals surface area (Å²) in [5.41, 5.74) is 6.53. The highest BCUT2D eigenvalue weighted by atomic mass is 32.2. The van der Waals surface area contributed by atoms with E-state index in [4.69, 9.17) is 5.73 Å². The quantitative estimate of drug-likeness (QED) is 0.684. The molecule has 20 heavy (non-hydrogen) atoms. The number of hydrogen-bond donors (Lipinski definition) is 2. The summed E-state index contributed by atoms with van der Waals surface area (Å²) in [4.78, 5) is 0.313. The molecule has 0 aliphatic heterocycles. The highest BCUT2D eigenvalue weighted by molar-refractivity contribution is 7.99. The van der Waals surface area contributed by atoms with Crippen LogP contribution in [0.15, 0.2) is 29.2 Å². The molecule has 1 unspecified atom stereocenters. The van der Waals surface area contributed by atoms with Crippen molar-refractivity contribution in [2.24, 2.45) is 5.73 Å². The molecule has 0 aliphatic rings. The van der Waals surface area contributed by atoms with Crippen LogP contribution in [0.3, 0.4) is 0 Å². The van der Waals surface area contributed by atoms with Crippen molar-refractivity contribution in [2.75, 3.05) is 18.1 Å². The highest BCUT2D eigenvalue weighted by Gasteiger charge is 2.16. The normalized spacial score (nSPS) is 13.3. The number of thioether (sulfide) groups is 1. The minimum absolute atomic E-state index is 0.0530. The molecule has 4 nitrogen and oxygen atoms in total. The smallest absolute Gasteiger partial charge is 0.240 e. The first-order valence-electron chi connectivity index (χ1n) is 6.88. The lowest BCUT2D eigenvalue weighted by molar-refractivity contribution is 0.557. The van der Waals surface area contributed by atoms with E-state index in [9.17, 15) is 8.42 Å². The third kappa shape index (κ3) is 5.83. The van der Waals surface area contributed by atoms with Gasteiger partial charge in [-0.05, 0) is 55.5 Å². The average molecular weight is 316 g/mol. The van der Waals surface area contributed by atoms with Crippen LogP contribution in [0.1, 0.15) is 25.8 Å². The SMILES string of the molecule is CCSCCC(C)NS(=O)(=O)c1ccc(CCN)cc1. The molecule has 0 bridgehead atoms. The summed E-state index contributed by atoms with van der Waals surface area (Å²) in [5.74, 6) is 2.03. The molecule has 0 aliphatic carbocycles. The number of nitrogens with two attached hydrogens (primary N) is 1. The molecule has 0 amide bonds. The Bertz CT molecular complexity index is 486. The van der Waals surface area contributed by atoms with Gasteiger partial charge in [0, 0.05) is 6.04 Å². The predicted molar refractivity (Wildman–Crippen MR) is 86.6 cm³/mol. The fourth-order valence-corrected chi connectivity index (χ4v) is 3.89. The molecule has 0 heterocycles. The lowest BCUT2D eigenvalue weighted by atomic mass is 10.2. The van der Waals surface area contributed by atoms with Crippen LogP contribution in [0.4, 0.5) is 0 Å². The van der Waals surface area contributed by atoms with Crippen molar-refractivity contribution in [2.45, 2.75) is 37.6 Å². The second kappa shape index (κ2) is 8.67. The Kier molecular flexibility index (Phi) is 7.58. The van der Waals surface area contributed by atoms with Gasteiger partial charge in [0.1, 0.15) is 0 Å². The van der Waals surface area contributed by atoms with E-state index < -0.39 is 10.0 Å². The maximum atomic E-state index is 12.2. The summed E-state index contributed by atoms with van der Waals surface area (Å²) < 4.78 is 27.1. The zero-order valence-electron chi connectivity index (χ0n) is 12.1. The summed E-state index contributed by atoms with van der Waals surface area (Å²) in [6.07, 6.45) is 1.60. The molecular weight excluding hydrogens is 292 g/mol. The van der Waals surface area contributed by atoms with E-state index in [1.165, 1.54) is 0 Å². The van der Waals surface area contributed by atoms with Gasteiger partial charge in [0.25, 0.3) is 0 Å². The first-order valence-corrected chi connectivity index (χ1v) is 9.52. The number of sulfonamides is 1. The third-order valence-electron chi connectivity index (χ3n) is 2.92. The highest BCUT2D eigenvalue weighted by Crippen LogP contribution is 2.13. The van der Waals surface area contributed by atoms with Crippen LogP contribution in [0.2, 0.25) is 0 Å². The molecule has 6 heteroatoms. The van der Waals surface area contributed by atoms with Crippen LogP contribution in [0.25, 0.3) is 0 Å². The Labute approximate surface area is 126 Å². The van der Waals surface area contributed by atoms with Gasteiger partial charge < -0.3 is 5.73 Å². The molecule has 1 rings (SSSR count). The van der Waals surface area contributed by atoms with Crippen LogP contribution in [-0.4, -0.2) is 32.5 Å². The second-order valence-corrected chi connectivity index (χ2v) is 7.80. The lowest BCUT2D eigenvalue weighted by Crippen LogP contribution is -2.33. The molecular formula is C14H24N2O2S2. The number of benzene rings is 1. The van der Waals surface area contributed by atoms with E-state index in [1.54, 1.807) is 12.1 Å². The van der Waals surface area contributed by atoms with Crippen LogP contribution < -0.4 is 10.5 Å². The van der Waals surface area contributed by atoms with Crippen LogP contribution in [0, 0.1) is 0 Å². The van der Waals surface area contributed by atoms with Gasteiger partial charge in [0.15, 0.2) is 0 Å². The van der Waals surface area contributed by atoms with Crippen molar-refractivity contribution in [1.82, 2.24) is 4.72 Å². The first-order chi connectivity index (χ1) is 9.49. The zero-order chi connectivity index (χ0) is 15.0. The Hall–Kier alpha value is -0.560. The minimum atomic E-state index is -3.42. The summed E-state index contributed by atoms with van der Waals surface area (Å²) in [6.45, 7) is 4.56. The fraction of sp³-hybridized carbons (Fsp3) is 0.571. The molecule has 0 spiro atoms. The van der Waals surface area contributed by atoms with Gasteiger partial charge >= 0.3 is 0 Å². The molecule has 0 radical (unpaired) electrons. The van der Waals surface area contributed by atoms with Crippen molar-refractivity contribution in [3.05, 3.63) is 29.8 Å². The summed E-state index contributed by atoms with van der Waals surface area (Å²) in [5, 5.41) is 0. The standard InChI is InChI=1S/C14H24N2O2S2/c1-3-19-11-9-12(2)16-20(17,18)14-6-4-13(5-7-14)8-10-15/h4-7,12,16H,3,8-11,15H2,1-2H3. The molecule has 3 N–H and O–H groups in total. The average Bonchev–Trinajstić information content (AvgIpc) is 2.39. The second-order valence-electron chi connectivity index (χ2n) is 4.69. The monoisotopic (exact) mass is 316 g/mol. The Balaban J connectivity index is 2.63.